The molecule has 136 valence electrons. The molecule has 1 heterocycles. The van der Waals surface area contributed by atoms with Crippen molar-refractivity contribution >= 4 is 23.4 Å². The molecule has 25 heavy (non-hydrogen) atoms. The predicted octanol–water partition coefficient (Wildman–Crippen LogP) is 5.15. The van der Waals surface area contributed by atoms with Crippen LogP contribution in [0.1, 0.15) is 56.5 Å². The Morgan fingerprint density at radius 1 is 1.28 bits per heavy atom. The first-order chi connectivity index (χ1) is 11.9. The summed E-state index contributed by atoms with van der Waals surface area (Å²) < 4.78 is 2.23. The second kappa shape index (κ2) is 9.09. The molecule has 0 aliphatic carbocycles. The Labute approximate surface area is 155 Å². The van der Waals surface area contributed by atoms with Gasteiger partial charge in [-0.15, -0.1) is 0 Å². The number of benzene rings is 1. The fourth-order valence-corrected chi connectivity index (χ4v) is 3.66. The summed E-state index contributed by atoms with van der Waals surface area (Å²) in [7, 11) is 0. The normalized spacial score (nSPS) is 11.1. The van der Waals surface area contributed by atoms with Crippen molar-refractivity contribution in [2.75, 3.05) is 11.1 Å². The van der Waals surface area contributed by atoms with E-state index in [0.29, 0.717) is 11.7 Å². The molecule has 2 rings (SSSR count). The van der Waals surface area contributed by atoms with Crippen LogP contribution < -0.4 is 5.32 Å². The highest BCUT2D eigenvalue weighted by Crippen LogP contribution is 2.25. The molecule has 2 aromatic rings. The van der Waals surface area contributed by atoms with Crippen LogP contribution >= 0.6 is 11.8 Å². The van der Waals surface area contributed by atoms with Crippen LogP contribution in [-0.4, -0.2) is 21.2 Å². The molecule has 1 aromatic carbocycles. The topological polar surface area (TPSA) is 46.9 Å². The van der Waals surface area contributed by atoms with E-state index < -0.39 is 0 Å². The van der Waals surface area contributed by atoms with Gasteiger partial charge in [0.15, 0.2) is 5.16 Å². The molecule has 0 radical (unpaired) electrons. The number of nitrogens with zero attached hydrogens (tertiary/aromatic N) is 2. The average Bonchev–Trinajstić information content (AvgIpc) is 2.85. The highest BCUT2D eigenvalue weighted by atomic mass is 32.2. The number of amides is 1. The smallest absolute Gasteiger partial charge is 0.234 e. The Hall–Kier alpha value is -1.75. The molecule has 1 N–H and O–H groups in total. The molecule has 1 aromatic heterocycles. The van der Waals surface area contributed by atoms with E-state index in [4.69, 9.17) is 0 Å². The second-order valence-corrected chi connectivity index (χ2v) is 7.59. The highest BCUT2D eigenvalue weighted by molar-refractivity contribution is 7.99. The van der Waals surface area contributed by atoms with Gasteiger partial charge in [-0.1, -0.05) is 57.2 Å². The van der Waals surface area contributed by atoms with Crippen molar-refractivity contribution in [3.05, 3.63) is 41.2 Å². The Morgan fingerprint density at radius 3 is 2.68 bits per heavy atom. The molecule has 0 spiro atoms. The van der Waals surface area contributed by atoms with E-state index in [2.05, 4.69) is 48.6 Å². The Balaban J connectivity index is 2.02. The van der Waals surface area contributed by atoms with E-state index in [-0.39, 0.29) is 5.91 Å². The second-order valence-electron chi connectivity index (χ2n) is 6.65. The first-order valence-electron chi connectivity index (χ1n) is 8.99. The first-order valence-corrected chi connectivity index (χ1v) is 9.97. The van der Waals surface area contributed by atoms with Crippen molar-refractivity contribution in [1.82, 2.24) is 9.55 Å². The van der Waals surface area contributed by atoms with Crippen molar-refractivity contribution in [3.63, 3.8) is 0 Å². The average molecular weight is 360 g/mol. The van der Waals surface area contributed by atoms with Gasteiger partial charge in [0.2, 0.25) is 5.91 Å². The summed E-state index contributed by atoms with van der Waals surface area (Å²) in [6.07, 6.45) is 2.27. The number of nitrogens with one attached hydrogen (secondary N) is 1. The van der Waals surface area contributed by atoms with Crippen LogP contribution in [0.15, 0.2) is 29.4 Å². The van der Waals surface area contributed by atoms with E-state index in [1.165, 1.54) is 17.5 Å². The molecular formula is C20H29N3OS. The molecule has 0 saturated heterocycles. The maximum atomic E-state index is 12.4. The number of carbonyl (C=O) groups excluding carboxylic acids is 1. The summed E-state index contributed by atoms with van der Waals surface area (Å²) in [5, 5.41) is 3.99. The predicted molar refractivity (Wildman–Crippen MR) is 106 cm³/mol. The molecular weight excluding hydrogens is 330 g/mol. The van der Waals surface area contributed by atoms with E-state index >= 15 is 0 Å². The third-order valence-electron chi connectivity index (χ3n) is 4.35. The summed E-state index contributed by atoms with van der Waals surface area (Å²) in [5.74, 6) is 0.759. The molecule has 0 fully saturated rings. The number of hydrogen-bond acceptors (Lipinski definition) is 3. The number of para-hydroxylation sites is 1. The lowest BCUT2D eigenvalue weighted by molar-refractivity contribution is -0.113. The van der Waals surface area contributed by atoms with Crippen LogP contribution in [0.2, 0.25) is 0 Å². The van der Waals surface area contributed by atoms with Gasteiger partial charge in [0, 0.05) is 17.9 Å². The van der Waals surface area contributed by atoms with Crippen LogP contribution in [0.5, 0.6) is 0 Å². The SMILES string of the molecule is CCCCn1c(SCC(=O)Nc2ccccc2C(C)C)nc(C)c1C. The van der Waals surface area contributed by atoms with Crippen molar-refractivity contribution in [1.29, 1.82) is 0 Å². The minimum absolute atomic E-state index is 0.0125. The van der Waals surface area contributed by atoms with Crippen LogP contribution in [0.3, 0.4) is 0 Å². The Bertz CT molecular complexity index is 722. The molecule has 0 saturated carbocycles. The maximum Gasteiger partial charge on any atom is 0.234 e. The lowest BCUT2D eigenvalue weighted by Crippen LogP contribution is -2.16. The lowest BCUT2D eigenvalue weighted by Gasteiger charge is -2.13. The van der Waals surface area contributed by atoms with Gasteiger partial charge in [0.25, 0.3) is 0 Å². The zero-order valence-electron chi connectivity index (χ0n) is 15.9. The van der Waals surface area contributed by atoms with Crippen LogP contribution in [0.4, 0.5) is 5.69 Å². The van der Waals surface area contributed by atoms with Gasteiger partial charge in [-0.05, 0) is 37.8 Å². The summed E-state index contributed by atoms with van der Waals surface area (Å²) in [6.45, 7) is 11.5. The molecule has 0 unspecified atom stereocenters. The molecule has 0 aliphatic heterocycles. The molecule has 4 nitrogen and oxygen atoms in total. The molecule has 1 amide bonds. The molecule has 0 bridgehead atoms. The van der Waals surface area contributed by atoms with Gasteiger partial charge in [-0.3, -0.25) is 4.79 Å². The zero-order chi connectivity index (χ0) is 18.4. The van der Waals surface area contributed by atoms with Gasteiger partial charge < -0.3 is 9.88 Å². The number of aryl methyl sites for hydroxylation is 1. The van der Waals surface area contributed by atoms with Gasteiger partial charge in [0.05, 0.1) is 11.4 Å². The summed E-state index contributed by atoms with van der Waals surface area (Å²) in [4.78, 5) is 17.0. The monoisotopic (exact) mass is 359 g/mol. The van der Waals surface area contributed by atoms with E-state index in [0.717, 1.165) is 41.5 Å². The van der Waals surface area contributed by atoms with Crippen LogP contribution in [0.25, 0.3) is 0 Å². The number of hydrogen-bond donors (Lipinski definition) is 1. The quantitative estimate of drug-likeness (QED) is 0.663. The van der Waals surface area contributed by atoms with Crippen molar-refractivity contribution in [2.24, 2.45) is 0 Å². The molecule has 0 aliphatic rings. The zero-order valence-corrected chi connectivity index (χ0v) is 16.7. The Kier molecular flexibility index (Phi) is 7.12. The number of aromatic nitrogens is 2. The van der Waals surface area contributed by atoms with Gasteiger partial charge in [-0.2, -0.15) is 0 Å². The minimum Gasteiger partial charge on any atom is -0.325 e. The van der Waals surface area contributed by atoms with Crippen LogP contribution in [0, 0.1) is 13.8 Å². The third kappa shape index (κ3) is 5.11. The van der Waals surface area contributed by atoms with Crippen LogP contribution in [-0.2, 0) is 11.3 Å². The Morgan fingerprint density at radius 2 is 2.00 bits per heavy atom. The number of imidazole rings is 1. The summed E-state index contributed by atoms with van der Waals surface area (Å²) >= 11 is 1.51. The number of thioether (sulfide) groups is 1. The minimum atomic E-state index is 0.0125. The maximum absolute atomic E-state index is 12.4. The van der Waals surface area contributed by atoms with E-state index in [9.17, 15) is 4.79 Å². The van der Waals surface area contributed by atoms with Gasteiger partial charge in [-0.25, -0.2) is 4.98 Å². The number of anilines is 1. The number of rotatable bonds is 8. The fourth-order valence-electron chi connectivity index (χ4n) is 2.74. The largest absolute Gasteiger partial charge is 0.325 e. The van der Waals surface area contributed by atoms with Gasteiger partial charge in [0.1, 0.15) is 0 Å². The standard InChI is InChI=1S/C20H29N3OS/c1-6-7-12-23-16(5)15(4)21-20(23)25-13-19(24)22-18-11-9-8-10-17(18)14(2)3/h8-11,14H,6-7,12-13H2,1-5H3,(H,22,24). The summed E-state index contributed by atoms with van der Waals surface area (Å²) in [6, 6.07) is 8.00. The summed E-state index contributed by atoms with van der Waals surface area (Å²) in [5.41, 5.74) is 4.31. The van der Waals surface area contributed by atoms with E-state index in [1.54, 1.807) is 0 Å². The van der Waals surface area contributed by atoms with Gasteiger partial charge >= 0.3 is 0 Å². The van der Waals surface area contributed by atoms with Crippen molar-refractivity contribution < 1.29 is 4.79 Å². The van der Waals surface area contributed by atoms with Crippen molar-refractivity contribution in [2.45, 2.75) is 65.1 Å². The van der Waals surface area contributed by atoms with E-state index in [1.807, 2.05) is 25.1 Å². The molecule has 5 heteroatoms. The fraction of sp³-hybridized carbons (Fsp3) is 0.500. The molecule has 0 atom stereocenters. The highest BCUT2D eigenvalue weighted by Gasteiger charge is 2.14. The number of unbranched alkanes of at least 4 members (excludes halogenated alkanes) is 1. The lowest BCUT2D eigenvalue weighted by atomic mass is 10.0. The third-order valence-corrected chi connectivity index (χ3v) is 5.32. The first kappa shape index (κ1) is 19.6. The number of carbonyl (C=O) groups is 1. The van der Waals surface area contributed by atoms with Crippen molar-refractivity contribution in [3.8, 4) is 0 Å².